The third-order valence-electron chi connectivity index (χ3n) is 2.34. The van der Waals surface area contributed by atoms with Gasteiger partial charge in [0.15, 0.2) is 0 Å². The highest BCUT2D eigenvalue weighted by Crippen LogP contribution is 2.39. The van der Waals surface area contributed by atoms with E-state index in [9.17, 15) is 8.42 Å². The van der Waals surface area contributed by atoms with E-state index in [1.165, 1.54) is 0 Å². The number of pyridine rings is 2. The Morgan fingerprint density at radius 3 is 1.80 bits per heavy atom. The van der Waals surface area contributed by atoms with Crippen molar-refractivity contribution < 1.29 is 8.42 Å². The van der Waals surface area contributed by atoms with Crippen molar-refractivity contribution in [3.63, 3.8) is 0 Å². The van der Waals surface area contributed by atoms with E-state index in [4.69, 9.17) is 0 Å². The smallest absolute Gasteiger partial charge is 0.211 e. The average molecular weight is 218 g/mol. The second kappa shape index (κ2) is 2.64. The molecule has 0 amide bonds. The maximum absolute atomic E-state index is 12.0. The molecule has 0 atom stereocenters. The summed E-state index contributed by atoms with van der Waals surface area (Å²) in [5.74, 6) is 0. The molecule has 0 fully saturated rings. The van der Waals surface area contributed by atoms with Crippen LogP contribution in [0.15, 0.2) is 46.5 Å². The fraction of sp³-hybridized carbons (Fsp3) is 0. The van der Waals surface area contributed by atoms with Crippen LogP contribution in [-0.4, -0.2) is 18.4 Å². The fourth-order valence-corrected chi connectivity index (χ4v) is 3.25. The van der Waals surface area contributed by atoms with Gasteiger partial charge in [0.25, 0.3) is 0 Å². The number of nitrogens with zero attached hydrogens (tertiary/aromatic N) is 2. The maximum Gasteiger partial charge on any atom is 0.211 e. The van der Waals surface area contributed by atoms with Crippen molar-refractivity contribution in [2.75, 3.05) is 0 Å². The van der Waals surface area contributed by atoms with E-state index in [1.807, 2.05) is 0 Å². The van der Waals surface area contributed by atoms with Crippen LogP contribution < -0.4 is 0 Å². The number of hydrogen-bond acceptors (Lipinski definition) is 4. The quantitative estimate of drug-likeness (QED) is 0.570. The molecule has 0 radical (unpaired) electrons. The Labute approximate surface area is 86.5 Å². The van der Waals surface area contributed by atoms with Gasteiger partial charge in [-0.15, -0.1) is 0 Å². The minimum absolute atomic E-state index is 0.249. The second-order valence-corrected chi connectivity index (χ2v) is 5.09. The SMILES string of the molecule is O=S1(=O)c2cccnc2-c2ncccc21. The standard InChI is InChI=1S/C10H6N2O2S/c13-15(14)7-3-1-5-11-9(7)10-8(15)4-2-6-12-10/h1-6H. The van der Waals surface area contributed by atoms with E-state index >= 15 is 0 Å². The zero-order valence-electron chi connectivity index (χ0n) is 7.58. The molecule has 0 N–H and O–H groups in total. The third kappa shape index (κ3) is 0.979. The molecule has 2 aromatic heterocycles. The first-order valence-corrected chi connectivity index (χ1v) is 5.85. The average Bonchev–Trinajstić information content (AvgIpc) is 2.51. The topological polar surface area (TPSA) is 59.9 Å². The predicted molar refractivity (Wildman–Crippen MR) is 52.9 cm³/mol. The van der Waals surface area contributed by atoms with Crippen LogP contribution in [0.3, 0.4) is 0 Å². The van der Waals surface area contributed by atoms with Crippen LogP contribution in [0.25, 0.3) is 11.4 Å². The third-order valence-corrected chi connectivity index (χ3v) is 4.16. The van der Waals surface area contributed by atoms with E-state index in [1.54, 1.807) is 36.7 Å². The Bertz CT molecular complexity index is 598. The molecule has 15 heavy (non-hydrogen) atoms. The first-order valence-electron chi connectivity index (χ1n) is 4.37. The van der Waals surface area contributed by atoms with Gasteiger partial charge in [0.1, 0.15) is 11.4 Å². The number of hydrogen-bond donors (Lipinski definition) is 0. The summed E-state index contributed by atoms with van der Waals surface area (Å²) in [6, 6.07) is 6.34. The molecule has 4 nitrogen and oxygen atoms in total. The molecule has 0 aliphatic carbocycles. The van der Waals surface area contributed by atoms with Gasteiger partial charge in [-0.05, 0) is 24.3 Å². The zero-order valence-corrected chi connectivity index (χ0v) is 8.40. The molecule has 5 heteroatoms. The minimum Gasteiger partial charge on any atom is -0.253 e. The summed E-state index contributed by atoms with van der Waals surface area (Å²) in [7, 11) is -3.39. The molecular weight excluding hydrogens is 212 g/mol. The summed E-state index contributed by atoms with van der Waals surface area (Å²) in [6.07, 6.45) is 3.14. The largest absolute Gasteiger partial charge is 0.253 e. The highest BCUT2D eigenvalue weighted by Gasteiger charge is 2.34. The van der Waals surface area contributed by atoms with Crippen LogP contribution in [0.2, 0.25) is 0 Å². The van der Waals surface area contributed by atoms with Gasteiger partial charge in [-0.3, -0.25) is 9.97 Å². The molecular formula is C10H6N2O2S. The van der Waals surface area contributed by atoms with E-state index < -0.39 is 9.84 Å². The Morgan fingerprint density at radius 2 is 1.33 bits per heavy atom. The summed E-state index contributed by atoms with van der Waals surface area (Å²) in [4.78, 5) is 8.61. The van der Waals surface area contributed by atoms with Crippen molar-refractivity contribution in [3.05, 3.63) is 36.7 Å². The van der Waals surface area contributed by atoms with Gasteiger partial charge >= 0.3 is 0 Å². The summed E-state index contributed by atoms with van der Waals surface area (Å²) < 4.78 is 24.0. The van der Waals surface area contributed by atoms with E-state index in [0.29, 0.717) is 11.4 Å². The number of aromatic nitrogens is 2. The van der Waals surface area contributed by atoms with Crippen LogP contribution >= 0.6 is 0 Å². The summed E-state index contributed by atoms with van der Waals surface area (Å²) in [5.41, 5.74) is 0.904. The van der Waals surface area contributed by atoms with Gasteiger partial charge in [-0.2, -0.15) is 0 Å². The molecule has 0 aromatic carbocycles. The summed E-state index contributed by atoms with van der Waals surface area (Å²) in [6.45, 7) is 0. The highest BCUT2D eigenvalue weighted by atomic mass is 32.2. The highest BCUT2D eigenvalue weighted by molar-refractivity contribution is 7.92. The van der Waals surface area contributed by atoms with Crippen LogP contribution in [0.1, 0.15) is 0 Å². The van der Waals surface area contributed by atoms with Gasteiger partial charge in [-0.25, -0.2) is 8.42 Å². The van der Waals surface area contributed by atoms with Crippen molar-refractivity contribution >= 4 is 9.84 Å². The monoisotopic (exact) mass is 218 g/mol. The van der Waals surface area contributed by atoms with Crippen molar-refractivity contribution in [2.24, 2.45) is 0 Å². The van der Waals surface area contributed by atoms with Crippen molar-refractivity contribution in [1.82, 2.24) is 9.97 Å². The molecule has 0 saturated heterocycles. The van der Waals surface area contributed by atoms with Crippen molar-refractivity contribution in [2.45, 2.75) is 9.79 Å². The Kier molecular flexibility index (Phi) is 1.50. The molecule has 2 aromatic rings. The molecule has 74 valence electrons. The van der Waals surface area contributed by atoms with E-state index in [-0.39, 0.29) is 9.79 Å². The maximum atomic E-state index is 12.0. The molecule has 0 spiro atoms. The number of fused-ring (bicyclic) bond motifs is 3. The Morgan fingerprint density at radius 1 is 0.867 bits per heavy atom. The lowest BCUT2D eigenvalue weighted by Crippen LogP contribution is -1.96. The van der Waals surface area contributed by atoms with Crippen LogP contribution in [0.5, 0.6) is 0 Å². The molecule has 3 rings (SSSR count). The predicted octanol–water partition coefficient (Wildman–Crippen LogP) is 1.29. The van der Waals surface area contributed by atoms with Crippen LogP contribution in [0, 0.1) is 0 Å². The van der Waals surface area contributed by atoms with Gasteiger partial charge in [-0.1, -0.05) is 0 Å². The number of sulfone groups is 1. The fourth-order valence-electron chi connectivity index (χ4n) is 1.69. The lowest BCUT2D eigenvalue weighted by Gasteiger charge is -1.94. The second-order valence-electron chi connectivity index (χ2n) is 3.20. The van der Waals surface area contributed by atoms with Gasteiger partial charge in [0.2, 0.25) is 9.84 Å². The van der Waals surface area contributed by atoms with Crippen molar-refractivity contribution in [1.29, 1.82) is 0 Å². The molecule has 0 saturated carbocycles. The molecule has 1 aliphatic rings. The lowest BCUT2D eigenvalue weighted by atomic mass is 10.2. The normalized spacial score (nSPS) is 15.7. The number of rotatable bonds is 0. The summed E-state index contributed by atoms with van der Waals surface area (Å²) in [5, 5.41) is 0. The van der Waals surface area contributed by atoms with E-state index in [0.717, 1.165) is 0 Å². The molecule has 1 aliphatic heterocycles. The molecule has 3 heterocycles. The lowest BCUT2D eigenvalue weighted by molar-refractivity contribution is 0.598. The summed E-state index contributed by atoms with van der Waals surface area (Å²) >= 11 is 0. The first-order chi connectivity index (χ1) is 7.21. The minimum atomic E-state index is -3.39. The van der Waals surface area contributed by atoms with Crippen LogP contribution in [0.4, 0.5) is 0 Å². The van der Waals surface area contributed by atoms with Crippen LogP contribution in [-0.2, 0) is 9.84 Å². The Balaban J connectivity index is 2.53. The van der Waals surface area contributed by atoms with Gasteiger partial charge in [0.05, 0.1) is 9.79 Å². The van der Waals surface area contributed by atoms with Gasteiger partial charge < -0.3 is 0 Å². The van der Waals surface area contributed by atoms with Crippen molar-refractivity contribution in [3.8, 4) is 11.4 Å². The van der Waals surface area contributed by atoms with E-state index in [2.05, 4.69) is 9.97 Å². The molecule has 0 bridgehead atoms. The molecule has 0 unspecified atom stereocenters. The first kappa shape index (κ1) is 8.55. The Hall–Kier alpha value is -1.75. The zero-order chi connectivity index (χ0) is 10.5. The van der Waals surface area contributed by atoms with Gasteiger partial charge in [0, 0.05) is 12.4 Å².